The van der Waals surface area contributed by atoms with Gasteiger partial charge in [0.2, 0.25) is 0 Å². The molecule has 31 heavy (non-hydrogen) atoms. The van der Waals surface area contributed by atoms with Crippen molar-refractivity contribution in [2.75, 3.05) is 13.2 Å². The molecule has 0 radical (unpaired) electrons. The Hall–Kier alpha value is -2.39. The van der Waals surface area contributed by atoms with Crippen molar-refractivity contribution in [1.29, 1.82) is 0 Å². The van der Waals surface area contributed by atoms with E-state index >= 15 is 0 Å². The molecule has 0 aliphatic carbocycles. The lowest BCUT2D eigenvalue weighted by atomic mass is 9.87. The van der Waals surface area contributed by atoms with E-state index in [2.05, 4.69) is 5.32 Å². The Balaban J connectivity index is 0.000000592. The number of nitrogens with one attached hydrogen (secondary N) is 2. The van der Waals surface area contributed by atoms with Crippen LogP contribution in [0.25, 0.3) is 0 Å². The number of alkyl halides is 6. The minimum absolute atomic E-state index is 0.0126. The Kier molecular flexibility index (Phi) is 8.84. The lowest BCUT2D eigenvalue weighted by Gasteiger charge is -2.37. The van der Waals surface area contributed by atoms with Crippen LogP contribution < -0.4 is 16.6 Å². The Morgan fingerprint density at radius 3 is 2.23 bits per heavy atom. The maximum absolute atomic E-state index is 12.4. The minimum atomic E-state index is -5.08. The summed E-state index contributed by atoms with van der Waals surface area (Å²) in [5, 5.41) is 20.6. The van der Waals surface area contributed by atoms with E-state index < -0.39 is 47.8 Å². The summed E-state index contributed by atoms with van der Waals surface area (Å²) in [5.74, 6) is -2.76. The molecule has 2 rings (SSSR count). The van der Waals surface area contributed by atoms with Crippen LogP contribution in [0.4, 0.5) is 26.3 Å². The third-order valence-corrected chi connectivity index (χ3v) is 4.44. The van der Waals surface area contributed by atoms with Gasteiger partial charge in [0.1, 0.15) is 6.54 Å². The fourth-order valence-corrected chi connectivity index (χ4v) is 2.60. The Morgan fingerprint density at radius 1 is 1.26 bits per heavy atom. The zero-order chi connectivity index (χ0) is 24.0. The van der Waals surface area contributed by atoms with E-state index in [1.807, 2.05) is 4.98 Å². The Labute approximate surface area is 170 Å². The molecule has 2 heterocycles. The standard InChI is InChI=1S/C14H20F3N3O4.C2HF3O2/c1-9(13(23)2-4-24-5-3-13)18-6-10-7-20(8-14(15,16)17)12(22)19-11(10)21;3-2(4,5)1(6)7/h7,9,18,23H,2-6,8H2,1H3,(H,19,21,22);(H,6,7). The molecule has 1 aliphatic rings. The largest absolute Gasteiger partial charge is 0.490 e. The topological polar surface area (TPSA) is 134 Å². The van der Waals surface area contributed by atoms with Crippen molar-refractivity contribution in [3.8, 4) is 0 Å². The number of nitrogens with zero attached hydrogens (tertiary/aromatic N) is 1. The molecule has 0 amide bonds. The quantitative estimate of drug-likeness (QED) is 0.472. The van der Waals surface area contributed by atoms with E-state index in [-0.39, 0.29) is 12.1 Å². The number of halogens is 6. The number of aliphatic carboxylic acids is 1. The normalized spacial score (nSPS) is 17.4. The average Bonchev–Trinajstić information content (AvgIpc) is 2.62. The van der Waals surface area contributed by atoms with Crippen LogP contribution in [-0.4, -0.2) is 62.9 Å². The molecule has 0 saturated carbocycles. The number of rotatable bonds is 5. The molecule has 178 valence electrons. The third kappa shape index (κ3) is 8.70. The highest BCUT2D eigenvalue weighted by Crippen LogP contribution is 2.24. The lowest BCUT2D eigenvalue weighted by molar-refractivity contribution is -0.192. The van der Waals surface area contributed by atoms with Gasteiger partial charge >= 0.3 is 24.0 Å². The summed E-state index contributed by atoms with van der Waals surface area (Å²) in [4.78, 5) is 34.0. The van der Waals surface area contributed by atoms with Crippen molar-refractivity contribution in [2.45, 2.75) is 56.9 Å². The highest BCUT2D eigenvalue weighted by atomic mass is 19.4. The van der Waals surface area contributed by atoms with Crippen LogP contribution in [0.3, 0.4) is 0 Å². The fraction of sp³-hybridized carbons (Fsp3) is 0.688. The van der Waals surface area contributed by atoms with Crippen LogP contribution >= 0.6 is 0 Å². The molecule has 0 bridgehead atoms. The molecule has 0 aromatic carbocycles. The first kappa shape index (κ1) is 26.6. The first-order chi connectivity index (χ1) is 14.0. The minimum Gasteiger partial charge on any atom is -0.475 e. The molecule has 1 aromatic heterocycles. The van der Waals surface area contributed by atoms with Crippen LogP contribution in [0.1, 0.15) is 25.3 Å². The van der Waals surface area contributed by atoms with Gasteiger partial charge in [-0.2, -0.15) is 26.3 Å². The number of carboxylic acid groups (broad SMARTS) is 1. The van der Waals surface area contributed by atoms with Crippen LogP contribution in [-0.2, 0) is 22.6 Å². The summed E-state index contributed by atoms with van der Waals surface area (Å²) in [6.07, 6.45) is -7.92. The molecule has 1 saturated heterocycles. The first-order valence-corrected chi connectivity index (χ1v) is 8.78. The summed E-state index contributed by atoms with van der Waals surface area (Å²) in [5.41, 5.74) is -2.89. The zero-order valence-electron chi connectivity index (χ0n) is 16.1. The molecule has 1 fully saturated rings. The second-order valence-corrected chi connectivity index (χ2v) is 6.78. The monoisotopic (exact) mass is 465 g/mol. The molecule has 9 nitrogen and oxygen atoms in total. The number of aromatic amines is 1. The van der Waals surface area contributed by atoms with Crippen molar-refractivity contribution in [3.05, 3.63) is 32.6 Å². The molecular formula is C16H21F6N3O6. The number of hydrogen-bond donors (Lipinski definition) is 4. The number of carboxylic acids is 1. The van der Waals surface area contributed by atoms with Crippen molar-refractivity contribution in [2.24, 2.45) is 0 Å². The Bertz CT molecular complexity index is 857. The van der Waals surface area contributed by atoms with E-state index in [1.165, 1.54) is 0 Å². The van der Waals surface area contributed by atoms with Gasteiger partial charge in [-0.05, 0) is 6.92 Å². The second kappa shape index (κ2) is 10.3. The van der Waals surface area contributed by atoms with Gasteiger partial charge in [-0.3, -0.25) is 14.3 Å². The van der Waals surface area contributed by atoms with Gasteiger partial charge in [0, 0.05) is 50.4 Å². The van der Waals surface area contributed by atoms with Crippen molar-refractivity contribution in [3.63, 3.8) is 0 Å². The summed E-state index contributed by atoms with van der Waals surface area (Å²) < 4.78 is 74.7. The van der Waals surface area contributed by atoms with Crippen molar-refractivity contribution < 1.29 is 46.1 Å². The number of ether oxygens (including phenoxy) is 1. The molecule has 15 heteroatoms. The molecular weight excluding hydrogens is 444 g/mol. The smallest absolute Gasteiger partial charge is 0.475 e. The number of hydrogen-bond acceptors (Lipinski definition) is 6. The highest BCUT2D eigenvalue weighted by molar-refractivity contribution is 5.73. The van der Waals surface area contributed by atoms with E-state index in [0.29, 0.717) is 30.6 Å². The second-order valence-electron chi connectivity index (χ2n) is 6.78. The van der Waals surface area contributed by atoms with Crippen LogP contribution in [0.2, 0.25) is 0 Å². The van der Waals surface area contributed by atoms with E-state index in [0.717, 1.165) is 6.20 Å². The summed E-state index contributed by atoms with van der Waals surface area (Å²) in [6.45, 7) is 1.01. The van der Waals surface area contributed by atoms with E-state index in [1.54, 1.807) is 6.92 Å². The third-order valence-electron chi connectivity index (χ3n) is 4.44. The maximum Gasteiger partial charge on any atom is 0.490 e. The van der Waals surface area contributed by atoms with Gasteiger partial charge in [-0.25, -0.2) is 9.59 Å². The maximum atomic E-state index is 12.4. The summed E-state index contributed by atoms with van der Waals surface area (Å²) in [7, 11) is 0. The molecule has 4 N–H and O–H groups in total. The SMILES string of the molecule is CC(NCc1cn(CC(F)(F)F)c(=O)[nH]c1=O)C1(O)CCOCC1.O=C(O)C(F)(F)F. The number of aliphatic hydroxyl groups is 1. The Morgan fingerprint density at radius 2 is 1.77 bits per heavy atom. The van der Waals surface area contributed by atoms with Gasteiger partial charge in [-0.1, -0.05) is 0 Å². The fourth-order valence-electron chi connectivity index (χ4n) is 2.60. The van der Waals surface area contributed by atoms with E-state index in [4.69, 9.17) is 14.6 Å². The number of aromatic nitrogens is 2. The predicted molar refractivity (Wildman–Crippen MR) is 92.4 cm³/mol. The molecule has 1 aromatic rings. The zero-order valence-corrected chi connectivity index (χ0v) is 16.1. The van der Waals surface area contributed by atoms with Gasteiger partial charge in [0.25, 0.3) is 5.56 Å². The van der Waals surface area contributed by atoms with Gasteiger partial charge in [0.05, 0.1) is 5.60 Å². The summed E-state index contributed by atoms with van der Waals surface area (Å²) in [6, 6.07) is -0.399. The predicted octanol–water partition coefficient (Wildman–Crippen LogP) is 0.752. The van der Waals surface area contributed by atoms with Crippen molar-refractivity contribution in [1.82, 2.24) is 14.9 Å². The lowest BCUT2D eigenvalue weighted by Crippen LogP contribution is -2.52. The van der Waals surface area contributed by atoms with Crippen LogP contribution in [0, 0.1) is 0 Å². The van der Waals surface area contributed by atoms with Gasteiger partial charge in [-0.15, -0.1) is 0 Å². The van der Waals surface area contributed by atoms with Gasteiger partial charge in [0.15, 0.2) is 0 Å². The van der Waals surface area contributed by atoms with E-state index in [9.17, 15) is 41.0 Å². The molecule has 1 atom stereocenters. The van der Waals surface area contributed by atoms with Crippen molar-refractivity contribution >= 4 is 5.97 Å². The molecule has 1 aliphatic heterocycles. The number of carbonyl (C=O) groups is 1. The molecule has 1 unspecified atom stereocenters. The van der Waals surface area contributed by atoms with Crippen LogP contribution in [0.15, 0.2) is 15.8 Å². The average molecular weight is 465 g/mol. The first-order valence-electron chi connectivity index (χ1n) is 8.78. The van der Waals surface area contributed by atoms with Gasteiger partial charge < -0.3 is 20.3 Å². The number of H-pyrrole nitrogens is 1. The van der Waals surface area contributed by atoms with Crippen LogP contribution in [0.5, 0.6) is 0 Å². The molecule has 0 spiro atoms. The summed E-state index contributed by atoms with van der Waals surface area (Å²) >= 11 is 0. The highest BCUT2D eigenvalue weighted by Gasteiger charge is 2.38.